The van der Waals surface area contributed by atoms with Gasteiger partial charge in [-0.1, -0.05) is 23.8 Å². The molecule has 0 aromatic heterocycles. The Morgan fingerprint density at radius 3 is 2.31 bits per heavy atom. The lowest BCUT2D eigenvalue weighted by molar-refractivity contribution is 0.0979. The average Bonchev–Trinajstić information content (AvgIpc) is 2.16. The summed E-state index contributed by atoms with van der Waals surface area (Å²) in [5, 5.41) is 0. The predicted molar refractivity (Wildman–Crippen MR) is 69.0 cm³/mol. The Kier molecular flexibility index (Phi) is 4.48. The van der Waals surface area contributed by atoms with Gasteiger partial charge in [0.15, 0.2) is 5.78 Å². The molecule has 0 atom stereocenters. The van der Waals surface area contributed by atoms with Crippen molar-refractivity contribution < 1.29 is 4.79 Å². The number of carbonyl (C=O) groups excluding carboxylic acids is 1. The molecule has 0 bridgehead atoms. The van der Waals surface area contributed by atoms with Gasteiger partial charge in [-0.05, 0) is 44.7 Å². The van der Waals surface area contributed by atoms with E-state index in [0.29, 0.717) is 6.42 Å². The Bertz CT molecular complexity index is 379. The molecule has 0 saturated heterocycles. The maximum Gasteiger partial charge on any atom is 0.163 e. The third-order valence-corrected chi connectivity index (χ3v) is 2.77. The van der Waals surface area contributed by atoms with Crippen molar-refractivity contribution in [1.29, 1.82) is 0 Å². The fourth-order valence-corrected chi connectivity index (χ4v) is 2.15. The minimum absolute atomic E-state index is 0.261. The molecule has 0 N–H and O–H groups in total. The van der Waals surface area contributed by atoms with Gasteiger partial charge >= 0.3 is 0 Å². The number of hydrogen-bond donors (Lipinski definition) is 0. The summed E-state index contributed by atoms with van der Waals surface area (Å²) in [5.74, 6) is 0.261. The number of aryl methyl sites for hydroxylation is 3. The van der Waals surface area contributed by atoms with E-state index in [1.165, 1.54) is 5.56 Å². The molecule has 1 aromatic carbocycles. The summed E-state index contributed by atoms with van der Waals surface area (Å²) in [5.41, 5.74) is 4.33. The first-order valence-electron chi connectivity index (χ1n) is 5.78. The van der Waals surface area contributed by atoms with Crippen molar-refractivity contribution in [1.82, 2.24) is 0 Å². The van der Waals surface area contributed by atoms with Crippen molar-refractivity contribution in [3.05, 3.63) is 47.0 Å². The monoisotopic (exact) mass is 216 g/mol. The van der Waals surface area contributed by atoms with Crippen LogP contribution < -0.4 is 0 Å². The Morgan fingerprint density at radius 1 is 1.25 bits per heavy atom. The van der Waals surface area contributed by atoms with E-state index in [1.807, 2.05) is 19.9 Å². The summed E-state index contributed by atoms with van der Waals surface area (Å²) >= 11 is 0. The minimum Gasteiger partial charge on any atom is -0.294 e. The Balaban J connectivity index is 2.86. The van der Waals surface area contributed by atoms with E-state index < -0.39 is 0 Å². The van der Waals surface area contributed by atoms with Crippen LogP contribution in [0.2, 0.25) is 0 Å². The highest BCUT2D eigenvalue weighted by atomic mass is 16.1. The molecular weight excluding hydrogens is 196 g/mol. The van der Waals surface area contributed by atoms with Crippen molar-refractivity contribution in [2.45, 2.75) is 40.0 Å². The lowest BCUT2D eigenvalue weighted by Gasteiger charge is -2.09. The molecule has 1 aromatic rings. The summed E-state index contributed by atoms with van der Waals surface area (Å²) < 4.78 is 0. The van der Waals surface area contributed by atoms with Gasteiger partial charge in [0, 0.05) is 12.0 Å². The second-order valence-corrected chi connectivity index (χ2v) is 4.38. The zero-order valence-corrected chi connectivity index (χ0v) is 10.5. The average molecular weight is 216 g/mol. The standard InChI is InChI=1S/C15H20O/c1-5-6-7-8-14(16)15-12(3)9-11(2)10-13(15)4/h5,9-10H,1,6-8H2,2-4H3. The van der Waals surface area contributed by atoms with Crippen molar-refractivity contribution in [2.75, 3.05) is 0 Å². The van der Waals surface area contributed by atoms with Crippen LogP contribution in [0, 0.1) is 20.8 Å². The van der Waals surface area contributed by atoms with Crippen LogP contribution in [-0.2, 0) is 0 Å². The van der Waals surface area contributed by atoms with Gasteiger partial charge in [-0.25, -0.2) is 0 Å². The van der Waals surface area contributed by atoms with Gasteiger partial charge in [0.1, 0.15) is 0 Å². The number of ketones is 1. The molecule has 1 heteroatoms. The van der Waals surface area contributed by atoms with Crippen LogP contribution in [0.15, 0.2) is 24.8 Å². The van der Waals surface area contributed by atoms with E-state index in [-0.39, 0.29) is 5.78 Å². The van der Waals surface area contributed by atoms with Crippen LogP contribution in [0.4, 0.5) is 0 Å². The minimum atomic E-state index is 0.261. The van der Waals surface area contributed by atoms with Crippen LogP contribution in [0.5, 0.6) is 0 Å². The quantitative estimate of drug-likeness (QED) is 0.410. The number of carbonyl (C=O) groups is 1. The van der Waals surface area contributed by atoms with Crippen LogP contribution in [0.3, 0.4) is 0 Å². The number of Topliss-reactive ketones (excluding diaryl/α,β-unsaturated/α-hetero) is 1. The van der Waals surface area contributed by atoms with Gasteiger partial charge in [-0.3, -0.25) is 4.79 Å². The summed E-state index contributed by atoms with van der Waals surface area (Å²) in [6.45, 7) is 9.76. The maximum atomic E-state index is 12.0. The van der Waals surface area contributed by atoms with E-state index in [0.717, 1.165) is 29.5 Å². The van der Waals surface area contributed by atoms with Crippen molar-refractivity contribution in [2.24, 2.45) is 0 Å². The SMILES string of the molecule is C=CCCCC(=O)c1c(C)cc(C)cc1C. The molecule has 0 unspecified atom stereocenters. The number of hydrogen-bond acceptors (Lipinski definition) is 1. The second-order valence-electron chi connectivity index (χ2n) is 4.38. The van der Waals surface area contributed by atoms with Crippen LogP contribution in [-0.4, -0.2) is 5.78 Å². The summed E-state index contributed by atoms with van der Waals surface area (Å²) in [4.78, 5) is 12.0. The number of allylic oxidation sites excluding steroid dienone is 1. The Hall–Kier alpha value is -1.37. The molecule has 0 aliphatic rings. The largest absolute Gasteiger partial charge is 0.294 e. The molecule has 1 nitrogen and oxygen atoms in total. The first kappa shape index (κ1) is 12.7. The van der Waals surface area contributed by atoms with Gasteiger partial charge < -0.3 is 0 Å². The smallest absolute Gasteiger partial charge is 0.163 e. The summed E-state index contributed by atoms with van der Waals surface area (Å²) in [6.07, 6.45) is 4.30. The zero-order valence-electron chi connectivity index (χ0n) is 10.5. The molecule has 0 spiro atoms. The van der Waals surface area contributed by atoms with Crippen LogP contribution in [0.25, 0.3) is 0 Å². The van der Waals surface area contributed by atoms with E-state index in [1.54, 1.807) is 0 Å². The lowest BCUT2D eigenvalue weighted by atomic mass is 9.94. The van der Waals surface area contributed by atoms with Gasteiger partial charge in [0.05, 0.1) is 0 Å². The fraction of sp³-hybridized carbons (Fsp3) is 0.400. The highest BCUT2D eigenvalue weighted by molar-refractivity contribution is 5.98. The van der Waals surface area contributed by atoms with E-state index in [4.69, 9.17) is 0 Å². The second kappa shape index (κ2) is 5.64. The highest BCUT2D eigenvalue weighted by Gasteiger charge is 2.11. The van der Waals surface area contributed by atoms with Gasteiger partial charge in [-0.2, -0.15) is 0 Å². The Labute approximate surface area is 98.2 Å². The van der Waals surface area contributed by atoms with Crippen molar-refractivity contribution >= 4 is 5.78 Å². The molecule has 0 aliphatic heterocycles. The summed E-state index contributed by atoms with van der Waals surface area (Å²) in [7, 11) is 0. The maximum absolute atomic E-state index is 12.0. The first-order valence-corrected chi connectivity index (χ1v) is 5.78. The lowest BCUT2D eigenvalue weighted by Crippen LogP contribution is -2.05. The number of unbranched alkanes of at least 4 members (excludes halogenated alkanes) is 1. The first-order chi connectivity index (χ1) is 7.56. The number of rotatable bonds is 5. The number of benzene rings is 1. The van der Waals surface area contributed by atoms with Gasteiger partial charge in [0.25, 0.3) is 0 Å². The molecule has 0 fully saturated rings. The third-order valence-electron chi connectivity index (χ3n) is 2.77. The molecule has 0 saturated carbocycles. The van der Waals surface area contributed by atoms with Crippen LogP contribution >= 0.6 is 0 Å². The normalized spacial score (nSPS) is 10.2. The van der Waals surface area contributed by atoms with E-state index in [2.05, 4.69) is 25.6 Å². The molecule has 16 heavy (non-hydrogen) atoms. The van der Waals surface area contributed by atoms with Crippen molar-refractivity contribution in [3.63, 3.8) is 0 Å². The predicted octanol–water partition coefficient (Wildman–Crippen LogP) is 4.15. The van der Waals surface area contributed by atoms with Crippen molar-refractivity contribution in [3.8, 4) is 0 Å². The van der Waals surface area contributed by atoms with Gasteiger partial charge in [0.2, 0.25) is 0 Å². The molecule has 0 heterocycles. The van der Waals surface area contributed by atoms with Crippen LogP contribution in [0.1, 0.15) is 46.3 Å². The molecule has 0 aliphatic carbocycles. The molecule has 0 radical (unpaired) electrons. The summed E-state index contributed by atoms with van der Waals surface area (Å²) in [6, 6.07) is 4.15. The molecular formula is C15H20O. The van der Waals surface area contributed by atoms with E-state index in [9.17, 15) is 4.79 Å². The van der Waals surface area contributed by atoms with E-state index >= 15 is 0 Å². The highest BCUT2D eigenvalue weighted by Crippen LogP contribution is 2.19. The molecule has 86 valence electrons. The zero-order chi connectivity index (χ0) is 12.1. The molecule has 0 amide bonds. The fourth-order valence-electron chi connectivity index (χ4n) is 2.15. The molecule has 1 rings (SSSR count). The Morgan fingerprint density at radius 2 is 1.81 bits per heavy atom. The van der Waals surface area contributed by atoms with Gasteiger partial charge in [-0.15, -0.1) is 6.58 Å². The topological polar surface area (TPSA) is 17.1 Å². The third kappa shape index (κ3) is 3.06.